The minimum atomic E-state index is -4.80. The number of carbonyl (C=O) groups is 1. The molecule has 2 N–H and O–H groups in total. The van der Waals surface area contributed by atoms with Crippen molar-refractivity contribution >= 4 is 39.7 Å². The third-order valence-corrected chi connectivity index (χ3v) is 3.60. The lowest BCUT2D eigenvalue weighted by atomic mass is 10.2. The largest absolute Gasteiger partial charge is 0.573 e. The molecule has 2 aromatic rings. The molecule has 0 saturated heterocycles. The number of carbonyl (C=O) groups excluding carboxylic acids is 1. The number of phenolic OH excluding ortho intramolecular Hbond substituents is 1. The Morgan fingerprint density at radius 2 is 1.92 bits per heavy atom. The summed E-state index contributed by atoms with van der Waals surface area (Å²) in [6.45, 7) is 0. The maximum Gasteiger partial charge on any atom is 0.573 e. The molecule has 0 saturated carbocycles. The van der Waals surface area contributed by atoms with Crippen molar-refractivity contribution in [1.29, 1.82) is 0 Å². The van der Waals surface area contributed by atoms with Gasteiger partial charge >= 0.3 is 6.36 Å². The zero-order valence-electron chi connectivity index (χ0n) is 12.1. The molecule has 0 aliphatic carbocycles. The second kappa shape index (κ2) is 7.75. The molecule has 25 heavy (non-hydrogen) atoms. The molecular formula is C15H9BrClF3N2O3. The average molecular weight is 438 g/mol. The van der Waals surface area contributed by atoms with Crippen LogP contribution in [0.5, 0.6) is 11.5 Å². The van der Waals surface area contributed by atoms with E-state index in [1.807, 2.05) is 0 Å². The van der Waals surface area contributed by atoms with Crippen LogP contribution in [0, 0.1) is 0 Å². The van der Waals surface area contributed by atoms with E-state index < -0.39 is 18.0 Å². The first kappa shape index (κ1) is 19.1. The number of aromatic hydroxyl groups is 1. The van der Waals surface area contributed by atoms with Crippen LogP contribution >= 0.6 is 27.5 Å². The highest BCUT2D eigenvalue weighted by Crippen LogP contribution is 2.30. The first-order valence-corrected chi connectivity index (χ1v) is 7.70. The molecule has 0 aliphatic heterocycles. The van der Waals surface area contributed by atoms with Crippen LogP contribution < -0.4 is 10.2 Å². The van der Waals surface area contributed by atoms with Crippen molar-refractivity contribution < 1.29 is 27.8 Å². The second-order valence-electron chi connectivity index (χ2n) is 4.60. The van der Waals surface area contributed by atoms with Crippen molar-refractivity contribution in [2.75, 3.05) is 0 Å². The van der Waals surface area contributed by atoms with Crippen LogP contribution in [0.25, 0.3) is 0 Å². The summed E-state index contributed by atoms with van der Waals surface area (Å²) in [7, 11) is 0. The fraction of sp³-hybridized carbons (Fsp3) is 0.0667. The SMILES string of the molecule is O=C(N/N=C/c1cc(Cl)cc(Br)c1O)c1ccc(OC(F)(F)F)cc1. The van der Waals surface area contributed by atoms with Crippen LogP contribution in [0.3, 0.4) is 0 Å². The van der Waals surface area contributed by atoms with E-state index in [4.69, 9.17) is 11.6 Å². The van der Waals surface area contributed by atoms with Gasteiger partial charge in [0.25, 0.3) is 5.91 Å². The molecule has 0 aromatic heterocycles. The standard InChI is InChI=1S/C15H9BrClF3N2O3/c16-12-6-10(17)5-9(13(12)23)7-21-22-14(24)8-1-3-11(4-2-8)25-15(18,19)20/h1-7,23H,(H,22,24)/b21-7+. The normalized spacial score (nSPS) is 11.6. The monoisotopic (exact) mass is 436 g/mol. The molecular weight excluding hydrogens is 429 g/mol. The Hall–Kier alpha value is -2.26. The number of hydrogen-bond donors (Lipinski definition) is 2. The van der Waals surface area contributed by atoms with E-state index >= 15 is 0 Å². The highest BCUT2D eigenvalue weighted by Gasteiger charge is 2.31. The van der Waals surface area contributed by atoms with Crippen molar-refractivity contribution in [2.24, 2.45) is 5.10 Å². The maximum atomic E-state index is 12.1. The first-order chi connectivity index (χ1) is 11.7. The molecule has 2 rings (SSSR count). The Balaban J connectivity index is 2.03. The van der Waals surface area contributed by atoms with Crippen molar-refractivity contribution in [3.05, 3.63) is 57.0 Å². The lowest BCUT2D eigenvalue weighted by Gasteiger charge is -2.08. The maximum absolute atomic E-state index is 12.1. The summed E-state index contributed by atoms with van der Waals surface area (Å²) in [4.78, 5) is 11.9. The number of hydrazone groups is 1. The molecule has 5 nitrogen and oxygen atoms in total. The number of phenols is 1. The van der Waals surface area contributed by atoms with E-state index in [2.05, 4.69) is 31.2 Å². The third-order valence-electron chi connectivity index (χ3n) is 2.78. The van der Waals surface area contributed by atoms with E-state index in [0.29, 0.717) is 9.50 Å². The fourth-order valence-electron chi connectivity index (χ4n) is 1.72. The first-order valence-electron chi connectivity index (χ1n) is 6.53. The van der Waals surface area contributed by atoms with Crippen LogP contribution in [0.1, 0.15) is 15.9 Å². The van der Waals surface area contributed by atoms with Crippen molar-refractivity contribution in [3.63, 3.8) is 0 Å². The Labute approximate surface area is 153 Å². The van der Waals surface area contributed by atoms with Crippen molar-refractivity contribution in [2.45, 2.75) is 6.36 Å². The minimum Gasteiger partial charge on any atom is -0.506 e. The Bertz CT molecular complexity index is 811. The molecule has 10 heteroatoms. The van der Waals surface area contributed by atoms with E-state index in [9.17, 15) is 23.1 Å². The van der Waals surface area contributed by atoms with Gasteiger partial charge in [0.2, 0.25) is 0 Å². The number of nitrogens with zero attached hydrogens (tertiary/aromatic N) is 1. The van der Waals surface area contributed by atoms with Gasteiger partial charge in [-0.15, -0.1) is 13.2 Å². The lowest BCUT2D eigenvalue weighted by Crippen LogP contribution is -2.19. The fourth-order valence-corrected chi connectivity index (χ4v) is 2.55. The molecule has 0 spiro atoms. The van der Waals surface area contributed by atoms with Gasteiger partial charge in [0, 0.05) is 16.1 Å². The van der Waals surface area contributed by atoms with E-state index in [1.54, 1.807) is 0 Å². The number of benzene rings is 2. The predicted molar refractivity (Wildman–Crippen MR) is 89.0 cm³/mol. The topological polar surface area (TPSA) is 70.9 Å². The number of alkyl halides is 3. The molecule has 1 amide bonds. The second-order valence-corrected chi connectivity index (χ2v) is 5.89. The van der Waals surface area contributed by atoms with Crippen LogP contribution in [0.2, 0.25) is 5.02 Å². The number of amides is 1. The highest BCUT2D eigenvalue weighted by atomic mass is 79.9. The number of ether oxygens (including phenoxy) is 1. The number of nitrogens with one attached hydrogen (secondary N) is 1. The number of rotatable bonds is 4. The molecule has 0 aliphatic rings. The van der Waals surface area contributed by atoms with Crippen LogP contribution in [0.4, 0.5) is 13.2 Å². The quantitative estimate of drug-likeness (QED) is 0.548. The van der Waals surface area contributed by atoms with Gasteiger partial charge in [-0.2, -0.15) is 5.10 Å². The summed E-state index contributed by atoms with van der Waals surface area (Å²) in [6, 6.07) is 7.23. The summed E-state index contributed by atoms with van der Waals surface area (Å²) in [5.41, 5.74) is 2.51. The molecule has 0 atom stereocenters. The Kier molecular flexibility index (Phi) is 5.91. The molecule has 0 fully saturated rings. The molecule has 0 radical (unpaired) electrons. The minimum absolute atomic E-state index is 0.0724. The summed E-state index contributed by atoms with van der Waals surface area (Å²) in [5, 5.41) is 13.8. The predicted octanol–water partition coefficient (Wildman–Crippen LogP) is 4.47. The van der Waals surface area contributed by atoms with Gasteiger partial charge in [0.15, 0.2) is 0 Å². The van der Waals surface area contributed by atoms with Crippen molar-refractivity contribution in [1.82, 2.24) is 5.43 Å². The van der Waals surface area contributed by atoms with Gasteiger partial charge in [0.05, 0.1) is 10.7 Å². The van der Waals surface area contributed by atoms with Gasteiger partial charge in [-0.05, 0) is 52.3 Å². The van der Waals surface area contributed by atoms with Crippen LogP contribution in [-0.2, 0) is 0 Å². The molecule has 0 bridgehead atoms. The Morgan fingerprint density at radius 1 is 1.28 bits per heavy atom. The van der Waals surface area contributed by atoms with Gasteiger partial charge in [0.1, 0.15) is 11.5 Å². The van der Waals surface area contributed by atoms with Crippen LogP contribution in [-0.4, -0.2) is 23.6 Å². The summed E-state index contributed by atoms with van der Waals surface area (Å²) < 4.78 is 40.3. The van der Waals surface area contributed by atoms with E-state index in [-0.39, 0.29) is 16.9 Å². The zero-order valence-corrected chi connectivity index (χ0v) is 14.5. The average Bonchev–Trinajstić information content (AvgIpc) is 2.51. The molecule has 0 unspecified atom stereocenters. The molecule has 2 aromatic carbocycles. The summed E-state index contributed by atoms with van der Waals surface area (Å²) in [6.07, 6.45) is -3.63. The van der Waals surface area contributed by atoms with Gasteiger partial charge in [-0.1, -0.05) is 11.6 Å². The molecule has 132 valence electrons. The highest BCUT2D eigenvalue weighted by molar-refractivity contribution is 9.10. The van der Waals surface area contributed by atoms with Gasteiger partial charge < -0.3 is 9.84 Å². The van der Waals surface area contributed by atoms with Crippen LogP contribution in [0.15, 0.2) is 46.0 Å². The Morgan fingerprint density at radius 3 is 2.52 bits per heavy atom. The van der Waals surface area contributed by atoms with E-state index in [1.165, 1.54) is 18.3 Å². The van der Waals surface area contributed by atoms with Crippen molar-refractivity contribution in [3.8, 4) is 11.5 Å². The van der Waals surface area contributed by atoms with E-state index in [0.717, 1.165) is 24.3 Å². The smallest absolute Gasteiger partial charge is 0.506 e. The molecule has 0 heterocycles. The summed E-state index contributed by atoms with van der Waals surface area (Å²) >= 11 is 8.94. The number of hydrogen-bond acceptors (Lipinski definition) is 4. The lowest BCUT2D eigenvalue weighted by molar-refractivity contribution is -0.274. The zero-order chi connectivity index (χ0) is 18.6. The van der Waals surface area contributed by atoms with Gasteiger partial charge in [-0.3, -0.25) is 4.79 Å². The third kappa shape index (κ3) is 5.64. The van der Waals surface area contributed by atoms with Gasteiger partial charge in [-0.25, -0.2) is 5.43 Å². The number of halogens is 5. The summed E-state index contributed by atoms with van der Waals surface area (Å²) in [5.74, 6) is -1.22.